The Hall–Kier alpha value is -3.30. The van der Waals surface area contributed by atoms with Gasteiger partial charge in [-0.2, -0.15) is 5.10 Å². The lowest BCUT2D eigenvalue weighted by molar-refractivity contribution is -0.661. The predicted octanol–water partition coefficient (Wildman–Crippen LogP) is 4.03. The molecule has 1 unspecified atom stereocenters. The molecule has 0 amide bonds. The van der Waals surface area contributed by atoms with Gasteiger partial charge < -0.3 is 0 Å². The minimum Gasteiger partial charge on any atom is -0.272 e. The van der Waals surface area contributed by atoms with Crippen LogP contribution in [0.15, 0.2) is 53.6 Å². The fourth-order valence-corrected chi connectivity index (χ4v) is 5.47. The Morgan fingerprint density at radius 2 is 1.81 bits per heavy atom. The molecule has 2 heterocycles. The van der Waals surface area contributed by atoms with Crippen LogP contribution in [0, 0.1) is 19.8 Å². The quantitative estimate of drug-likeness (QED) is 0.336. The summed E-state index contributed by atoms with van der Waals surface area (Å²) in [6, 6.07) is 13.9. The third-order valence-corrected chi connectivity index (χ3v) is 8.28. The van der Waals surface area contributed by atoms with E-state index in [1.807, 2.05) is 53.6 Å². The monoisotopic (exact) mass is 521 g/mol. The van der Waals surface area contributed by atoms with Crippen LogP contribution >= 0.6 is 0 Å². The number of sulfonamides is 1. The number of hydrogen-bond donors (Lipinski definition) is 1. The SMILES string of the molecule is Cc1ccc(N(C)c2nc(CCC(C)CCc3ccc4c(C)n(C)nc4c3)cc[n+]2C)cc1S(N)(=O)=O. The van der Waals surface area contributed by atoms with E-state index < -0.39 is 10.0 Å². The van der Waals surface area contributed by atoms with Gasteiger partial charge in [0.15, 0.2) is 0 Å². The Morgan fingerprint density at radius 1 is 1.08 bits per heavy atom. The Morgan fingerprint density at radius 3 is 2.54 bits per heavy atom. The molecule has 0 saturated carbocycles. The molecule has 0 fully saturated rings. The molecule has 8 nitrogen and oxygen atoms in total. The largest absolute Gasteiger partial charge is 0.398 e. The number of benzene rings is 2. The van der Waals surface area contributed by atoms with Crippen LogP contribution in [0.1, 0.15) is 42.3 Å². The number of anilines is 2. The first-order valence-corrected chi connectivity index (χ1v) is 14.1. The van der Waals surface area contributed by atoms with Crippen LogP contribution in [0.4, 0.5) is 11.6 Å². The highest BCUT2D eigenvalue weighted by molar-refractivity contribution is 7.89. The number of primary sulfonamides is 1. The fraction of sp³-hybridized carbons (Fsp3) is 0.393. The van der Waals surface area contributed by atoms with Gasteiger partial charge in [-0.15, -0.1) is 0 Å². The van der Waals surface area contributed by atoms with E-state index in [-0.39, 0.29) is 4.90 Å². The topological polar surface area (TPSA) is 98.0 Å². The predicted molar refractivity (Wildman–Crippen MR) is 147 cm³/mol. The second-order valence-electron chi connectivity index (χ2n) is 10.1. The zero-order chi connectivity index (χ0) is 26.9. The van der Waals surface area contributed by atoms with E-state index in [9.17, 15) is 8.42 Å². The maximum absolute atomic E-state index is 12.0. The first-order chi connectivity index (χ1) is 17.4. The molecule has 4 rings (SSSR count). The normalized spacial score (nSPS) is 12.7. The standard InChI is InChI=1S/C28H37N6O2S/c1-19(7-10-22-11-14-25-21(3)34(6)31-26(25)17-22)8-12-23-15-16-32(4)28(30-23)33(5)24-13-9-20(2)27(18-24)37(29,35)36/h9,11,13-19H,7-8,10,12H2,1-6H3,(H2,29,35,36)/q+1. The number of rotatable bonds is 9. The van der Waals surface area contributed by atoms with Crippen molar-refractivity contribution in [1.29, 1.82) is 0 Å². The summed E-state index contributed by atoms with van der Waals surface area (Å²) in [7, 11) is 1.99. The number of nitrogens with two attached hydrogens (primary N) is 1. The van der Waals surface area contributed by atoms with E-state index in [2.05, 4.69) is 37.1 Å². The van der Waals surface area contributed by atoms with Crippen molar-refractivity contribution in [2.24, 2.45) is 25.2 Å². The van der Waals surface area contributed by atoms with E-state index >= 15 is 0 Å². The van der Waals surface area contributed by atoms with E-state index in [1.54, 1.807) is 19.1 Å². The zero-order valence-electron chi connectivity index (χ0n) is 22.6. The van der Waals surface area contributed by atoms with E-state index in [0.717, 1.165) is 42.8 Å². The van der Waals surface area contributed by atoms with E-state index in [4.69, 9.17) is 10.1 Å². The summed E-state index contributed by atoms with van der Waals surface area (Å²) in [6.07, 6.45) is 6.03. The number of aryl methyl sites for hydroxylation is 6. The van der Waals surface area contributed by atoms with Gasteiger partial charge in [0.2, 0.25) is 10.0 Å². The van der Waals surface area contributed by atoms with Gasteiger partial charge in [0.25, 0.3) is 0 Å². The first-order valence-electron chi connectivity index (χ1n) is 12.6. The Kier molecular flexibility index (Phi) is 7.66. The van der Waals surface area contributed by atoms with Gasteiger partial charge in [0.1, 0.15) is 11.4 Å². The lowest BCUT2D eigenvalue weighted by atomic mass is 9.95. The van der Waals surface area contributed by atoms with Gasteiger partial charge in [-0.1, -0.05) is 30.1 Å². The Labute approximate surface area is 219 Å². The molecule has 196 valence electrons. The van der Waals surface area contributed by atoms with Gasteiger partial charge in [-0.25, -0.2) is 23.0 Å². The smallest absolute Gasteiger partial charge is 0.272 e. The summed E-state index contributed by atoms with van der Waals surface area (Å²) in [5.41, 5.74) is 5.92. The molecule has 37 heavy (non-hydrogen) atoms. The van der Waals surface area contributed by atoms with Gasteiger partial charge in [0, 0.05) is 30.6 Å². The van der Waals surface area contributed by atoms with Crippen LogP contribution in [0.3, 0.4) is 0 Å². The zero-order valence-corrected chi connectivity index (χ0v) is 23.4. The highest BCUT2D eigenvalue weighted by Crippen LogP contribution is 2.25. The summed E-state index contributed by atoms with van der Waals surface area (Å²) < 4.78 is 27.8. The molecule has 0 spiro atoms. The molecular weight excluding hydrogens is 484 g/mol. The molecule has 2 aromatic heterocycles. The summed E-state index contributed by atoms with van der Waals surface area (Å²) in [5, 5.41) is 11.2. The molecule has 0 aliphatic heterocycles. The minimum absolute atomic E-state index is 0.127. The van der Waals surface area contributed by atoms with Crippen molar-refractivity contribution in [1.82, 2.24) is 14.8 Å². The van der Waals surface area contributed by atoms with Crippen LogP contribution in [0.2, 0.25) is 0 Å². The van der Waals surface area contributed by atoms with Crippen LogP contribution in [0.25, 0.3) is 10.9 Å². The minimum atomic E-state index is -3.80. The van der Waals surface area contributed by atoms with Crippen molar-refractivity contribution >= 4 is 32.6 Å². The summed E-state index contributed by atoms with van der Waals surface area (Å²) in [5.74, 6) is 1.28. The van der Waals surface area contributed by atoms with Gasteiger partial charge in [-0.3, -0.25) is 4.68 Å². The molecule has 1 atom stereocenters. The van der Waals surface area contributed by atoms with Crippen molar-refractivity contribution in [3.8, 4) is 0 Å². The van der Waals surface area contributed by atoms with Crippen molar-refractivity contribution in [3.05, 3.63) is 71.2 Å². The van der Waals surface area contributed by atoms with E-state index in [0.29, 0.717) is 17.2 Å². The Bertz CT molecular complexity index is 1540. The van der Waals surface area contributed by atoms with Gasteiger partial charge in [-0.05, 0) is 68.4 Å². The van der Waals surface area contributed by atoms with Crippen LogP contribution < -0.4 is 14.6 Å². The third kappa shape index (κ3) is 5.99. The summed E-state index contributed by atoms with van der Waals surface area (Å²) in [4.78, 5) is 6.91. The van der Waals surface area contributed by atoms with Crippen LogP contribution in [0.5, 0.6) is 0 Å². The summed E-state index contributed by atoms with van der Waals surface area (Å²) >= 11 is 0. The molecule has 0 aliphatic carbocycles. The molecule has 0 bridgehead atoms. The molecule has 0 aliphatic rings. The Balaban J connectivity index is 1.41. The van der Waals surface area contributed by atoms with Crippen LogP contribution in [-0.4, -0.2) is 30.2 Å². The number of fused-ring (bicyclic) bond motifs is 1. The van der Waals surface area contributed by atoms with Crippen molar-refractivity contribution < 1.29 is 13.0 Å². The van der Waals surface area contributed by atoms with Crippen LogP contribution in [-0.2, 0) is 37.0 Å². The third-order valence-electron chi connectivity index (χ3n) is 7.23. The van der Waals surface area contributed by atoms with E-state index in [1.165, 1.54) is 16.6 Å². The highest BCUT2D eigenvalue weighted by Gasteiger charge is 2.22. The maximum atomic E-state index is 12.0. The summed E-state index contributed by atoms with van der Waals surface area (Å²) in [6.45, 7) is 6.13. The molecule has 2 aromatic carbocycles. The lowest BCUT2D eigenvalue weighted by Crippen LogP contribution is -2.37. The van der Waals surface area contributed by atoms with Crippen molar-refractivity contribution in [2.75, 3.05) is 11.9 Å². The highest BCUT2D eigenvalue weighted by atomic mass is 32.2. The molecule has 0 radical (unpaired) electrons. The lowest BCUT2D eigenvalue weighted by Gasteiger charge is -2.15. The van der Waals surface area contributed by atoms with Crippen molar-refractivity contribution in [2.45, 2.75) is 51.3 Å². The second-order valence-corrected chi connectivity index (χ2v) is 11.7. The molecular formula is C28H37N6O2S+. The molecule has 2 N–H and O–H groups in total. The number of hydrogen-bond acceptors (Lipinski definition) is 5. The fourth-order valence-electron chi connectivity index (χ4n) is 4.66. The average molecular weight is 522 g/mol. The molecule has 9 heteroatoms. The number of aromatic nitrogens is 4. The molecule has 0 saturated heterocycles. The second kappa shape index (κ2) is 10.6. The average Bonchev–Trinajstić information content (AvgIpc) is 3.14. The molecule has 4 aromatic rings. The van der Waals surface area contributed by atoms with Gasteiger partial charge >= 0.3 is 5.95 Å². The number of nitrogens with zero attached hydrogens (tertiary/aromatic N) is 5. The first kappa shape index (κ1) is 26.8. The van der Waals surface area contributed by atoms with Crippen molar-refractivity contribution in [3.63, 3.8) is 0 Å². The van der Waals surface area contributed by atoms with Gasteiger partial charge in [0.05, 0.1) is 30.7 Å². The maximum Gasteiger partial charge on any atom is 0.398 e.